The number of alkyl halides is 1. The minimum Gasteiger partial charge on any atom is -0.508 e. The van der Waals surface area contributed by atoms with Crippen molar-refractivity contribution in [1.82, 2.24) is 9.80 Å². The summed E-state index contributed by atoms with van der Waals surface area (Å²) in [6, 6.07) is 13.0. The highest BCUT2D eigenvalue weighted by atomic mass is 19.1. The van der Waals surface area contributed by atoms with Crippen molar-refractivity contribution in [2.75, 3.05) is 32.8 Å². The molecule has 2 aromatic carbocycles. The SMILES string of the molecule is CCC1CN(CCOc2ccc([C@]3(C)c4ccc(O)cc4CCN3C(=O)C(C)(C)F)cc2)C1. The zero-order valence-electron chi connectivity index (χ0n) is 20.1. The summed E-state index contributed by atoms with van der Waals surface area (Å²) in [5, 5.41) is 9.98. The lowest BCUT2D eigenvalue weighted by atomic mass is 9.76. The number of carbonyl (C=O) groups excluding carboxylic acids is 1. The number of carbonyl (C=O) groups is 1. The molecule has 0 bridgehead atoms. The lowest BCUT2D eigenvalue weighted by Gasteiger charge is -2.48. The van der Waals surface area contributed by atoms with E-state index in [2.05, 4.69) is 11.8 Å². The van der Waals surface area contributed by atoms with Crippen molar-refractivity contribution in [3.63, 3.8) is 0 Å². The average Bonchev–Trinajstić information content (AvgIpc) is 2.74. The molecule has 1 saturated heterocycles. The number of likely N-dealkylation sites (tertiary alicyclic amines) is 1. The van der Waals surface area contributed by atoms with E-state index >= 15 is 0 Å². The molecule has 33 heavy (non-hydrogen) atoms. The average molecular weight is 455 g/mol. The normalized spacial score (nSPS) is 21.4. The van der Waals surface area contributed by atoms with Gasteiger partial charge in [0.05, 0.1) is 5.54 Å². The van der Waals surface area contributed by atoms with Crippen molar-refractivity contribution < 1.29 is 19.0 Å². The van der Waals surface area contributed by atoms with E-state index in [1.165, 1.54) is 20.3 Å². The number of aromatic hydroxyl groups is 1. The fourth-order valence-corrected chi connectivity index (χ4v) is 5.09. The summed E-state index contributed by atoms with van der Waals surface area (Å²) in [6.07, 6.45) is 1.80. The summed E-state index contributed by atoms with van der Waals surface area (Å²) in [6.45, 7) is 11.0. The van der Waals surface area contributed by atoms with Gasteiger partial charge in [0.1, 0.15) is 18.1 Å². The van der Waals surface area contributed by atoms with E-state index in [1.54, 1.807) is 17.0 Å². The minimum atomic E-state index is -1.98. The van der Waals surface area contributed by atoms with Crippen LogP contribution in [0, 0.1) is 5.92 Å². The van der Waals surface area contributed by atoms with Gasteiger partial charge in [-0.3, -0.25) is 9.69 Å². The van der Waals surface area contributed by atoms with Crippen LogP contribution >= 0.6 is 0 Å². The lowest BCUT2D eigenvalue weighted by Crippen LogP contribution is -2.56. The Kier molecular flexibility index (Phi) is 6.41. The second-order valence-electron chi connectivity index (χ2n) is 10.00. The van der Waals surface area contributed by atoms with E-state index in [0.29, 0.717) is 19.6 Å². The van der Waals surface area contributed by atoms with Crippen molar-refractivity contribution >= 4 is 5.91 Å². The van der Waals surface area contributed by atoms with Gasteiger partial charge in [-0.25, -0.2) is 4.39 Å². The molecular formula is C27H35FN2O3. The number of phenols is 1. The fraction of sp³-hybridized carbons (Fsp3) is 0.519. The first-order valence-corrected chi connectivity index (χ1v) is 11.9. The van der Waals surface area contributed by atoms with Crippen molar-refractivity contribution in [2.45, 2.75) is 51.7 Å². The largest absolute Gasteiger partial charge is 0.508 e. The topological polar surface area (TPSA) is 53.0 Å². The summed E-state index contributed by atoms with van der Waals surface area (Å²) in [5.74, 6) is 1.26. The molecule has 1 fully saturated rings. The van der Waals surface area contributed by atoms with E-state index in [9.17, 15) is 14.3 Å². The third-order valence-electron chi connectivity index (χ3n) is 7.21. The maximum absolute atomic E-state index is 14.8. The molecule has 0 unspecified atom stereocenters. The zero-order chi connectivity index (χ0) is 23.8. The highest BCUT2D eigenvalue weighted by molar-refractivity contribution is 5.86. The number of nitrogens with zero attached hydrogens (tertiary/aromatic N) is 2. The number of phenolic OH excluding ortho intramolecular Hbond substituents is 1. The highest BCUT2D eigenvalue weighted by Gasteiger charge is 2.46. The Balaban J connectivity index is 1.56. The molecule has 0 aromatic heterocycles. The van der Waals surface area contributed by atoms with E-state index in [1.807, 2.05) is 37.3 Å². The van der Waals surface area contributed by atoms with Crippen molar-refractivity contribution in [2.24, 2.45) is 5.92 Å². The molecule has 0 saturated carbocycles. The van der Waals surface area contributed by atoms with E-state index in [-0.39, 0.29) is 5.75 Å². The Morgan fingerprint density at radius 3 is 2.55 bits per heavy atom. The van der Waals surface area contributed by atoms with Gasteiger partial charge in [-0.15, -0.1) is 0 Å². The van der Waals surface area contributed by atoms with Crippen LogP contribution in [0.25, 0.3) is 0 Å². The molecule has 0 spiro atoms. The number of hydrogen-bond acceptors (Lipinski definition) is 4. The fourth-order valence-electron chi connectivity index (χ4n) is 5.09. The molecule has 1 N–H and O–H groups in total. The van der Waals surface area contributed by atoms with Crippen LogP contribution < -0.4 is 4.74 Å². The number of hydrogen-bond donors (Lipinski definition) is 1. The Bertz CT molecular complexity index is 995. The maximum atomic E-state index is 14.8. The van der Waals surface area contributed by atoms with Crippen molar-refractivity contribution in [1.29, 1.82) is 0 Å². The molecule has 0 aliphatic carbocycles. The van der Waals surface area contributed by atoms with Gasteiger partial charge >= 0.3 is 0 Å². The van der Waals surface area contributed by atoms with Crippen LogP contribution in [0.3, 0.4) is 0 Å². The number of ether oxygens (including phenoxy) is 1. The molecule has 2 aliphatic rings. The Morgan fingerprint density at radius 2 is 1.91 bits per heavy atom. The standard InChI is InChI=1S/C27H35FN2O3/c1-5-19-17-29(18-19)14-15-33-23-9-6-21(7-10-23)27(4)24-11-8-22(31)16-20(24)12-13-30(27)25(32)26(2,3)28/h6-11,16,19,31H,5,12-15,17-18H2,1-4H3/t27-/m1/s1. The number of halogens is 1. The first-order chi connectivity index (χ1) is 15.6. The monoisotopic (exact) mass is 454 g/mol. The predicted octanol–water partition coefficient (Wildman–Crippen LogP) is 4.51. The van der Waals surface area contributed by atoms with Gasteiger partial charge in [-0.2, -0.15) is 0 Å². The summed E-state index contributed by atoms with van der Waals surface area (Å²) >= 11 is 0. The zero-order valence-corrected chi connectivity index (χ0v) is 20.1. The molecule has 1 atom stereocenters. The predicted molar refractivity (Wildman–Crippen MR) is 127 cm³/mol. The quantitative estimate of drug-likeness (QED) is 0.669. The Hall–Kier alpha value is -2.60. The van der Waals surface area contributed by atoms with Crippen molar-refractivity contribution in [3.8, 4) is 11.5 Å². The molecule has 2 aromatic rings. The van der Waals surface area contributed by atoms with E-state index < -0.39 is 17.1 Å². The second-order valence-corrected chi connectivity index (χ2v) is 10.00. The van der Waals surface area contributed by atoms with Gasteiger partial charge < -0.3 is 14.7 Å². The molecule has 4 rings (SSSR count). The molecule has 5 nitrogen and oxygen atoms in total. The number of amides is 1. The van der Waals surface area contributed by atoms with E-state index in [4.69, 9.17) is 4.74 Å². The van der Waals surface area contributed by atoms with Gasteiger partial charge in [0.25, 0.3) is 5.91 Å². The van der Waals surface area contributed by atoms with Crippen LogP contribution in [0.2, 0.25) is 0 Å². The molecule has 178 valence electrons. The smallest absolute Gasteiger partial charge is 0.260 e. The second kappa shape index (κ2) is 8.98. The summed E-state index contributed by atoms with van der Waals surface area (Å²) < 4.78 is 20.7. The lowest BCUT2D eigenvalue weighted by molar-refractivity contribution is -0.147. The van der Waals surface area contributed by atoms with Crippen LogP contribution in [0.4, 0.5) is 4.39 Å². The number of benzene rings is 2. The van der Waals surface area contributed by atoms with Crippen molar-refractivity contribution in [3.05, 3.63) is 59.2 Å². The third-order valence-corrected chi connectivity index (χ3v) is 7.21. The Morgan fingerprint density at radius 1 is 1.21 bits per heavy atom. The summed E-state index contributed by atoms with van der Waals surface area (Å²) in [5.41, 5.74) is -0.0773. The van der Waals surface area contributed by atoms with Crippen LogP contribution in [-0.4, -0.2) is 59.3 Å². The van der Waals surface area contributed by atoms with Crippen LogP contribution in [0.5, 0.6) is 11.5 Å². The summed E-state index contributed by atoms with van der Waals surface area (Å²) in [4.78, 5) is 17.1. The van der Waals surface area contributed by atoms with Gasteiger partial charge in [0.2, 0.25) is 0 Å². The van der Waals surface area contributed by atoms with Crippen LogP contribution in [-0.2, 0) is 16.8 Å². The summed E-state index contributed by atoms with van der Waals surface area (Å²) in [7, 11) is 0. The number of fused-ring (bicyclic) bond motifs is 1. The Labute approximate surface area is 196 Å². The van der Waals surface area contributed by atoms with Gasteiger partial charge in [-0.1, -0.05) is 31.5 Å². The molecule has 2 aliphatic heterocycles. The number of rotatable bonds is 7. The minimum absolute atomic E-state index is 0.193. The maximum Gasteiger partial charge on any atom is 0.260 e. The van der Waals surface area contributed by atoms with Crippen LogP contribution in [0.1, 0.15) is 50.8 Å². The van der Waals surface area contributed by atoms with Gasteiger partial charge in [-0.05, 0) is 74.1 Å². The molecule has 2 heterocycles. The third kappa shape index (κ3) is 4.58. The van der Waals surface area contributed by atoms with E-state index in [0.717, 1.165) is 48.0 Å². The van der Waals surface area contributed by atoms with Gasteiger partial charge in [0, 0.05) is 26.2 Å². The molecule has 1 amide bonds. The molecule has 6 heteroatoms. The first-order valence-electron chi connectivity index (χ1n) is 11.9. The highest BCUT2D eigenvalue weighted by Crippen LogP contribution is 2.43. The molecule has 0 radical (unpaired) electrons. The molecular weight excluding hydrogens is 419 g/mol. The van der Waals surface area contributed by atoms with Crippen LogP contribution in [0.15, 0.2) is 42.5 Å². The van der Waals surface area contributed by atoms with Gasteiger partial charge in [0.15, 0.2) is 5.67 Å². The first kappa shape index (κ1) is 23.6.